The number of alkyl halides is 3. The zero-order valence-corrected chi connectivity index (χ0v) is 20.5. The van der Waals surface area contributed by atoms with Crippen LogP contribution in [0, 0.1) is 0 Å². The number of halogens is 4. The summed E-state index contributed by atoms with van der Waals surface area (Å²) in [6, 6.07) is 11.7. The Morgan fingerprint density at radius 1 is 0.972 bits per heavy atom. The second-order valence-electron chi connectivity index (χ2n) is 8.88. The highest BCUT2D eigenvalue weighted by molar-refractivity contribution is 6.30. The monoisotopic (exact) mass is 518 g/mol. The minimum atomic E-state index is -4.46. The topological polar surface area (TPSA) is 57.6 Å². The van der Waals surface area contributed by atoms with E-state index in [1.165, 1.54) is 12.3 Å². The largest absolute Gasteiger partial charge is 0.419 e. The molecule has 2 aliphatic rings. The molecule has 190 valence electrons. The molecule has 0 amide bonds. The number of aromatic nitrogens is 3. The van der Waals surface area contributed by atoms with Crippen molar-refractivity contribution in [3.63, 3.8) is 0 Å². The van der Waals surface area contributed by atoms with Gasteiger partial charge in [0.05, 0.1) is 24.5 Å². The molecule has 2 aromatic heterocycles. The van der Waals surface area contributed by atoms with Crippen LogP contribution in [0.2, 0.25) is 5.02 Å². The maximum Gasteiger partial charge on any atom is 0.419 e. The molecule has 0 bridgehead atoms. The summed E-state index contributed by atoms with van der Waals surface area (Å²) in [7, 11) is 0. The summed E-state index contributed by atoms with van der Waals surface area (Å²) in [5.41, 5.74) is 0.955. The SMILES string of the molecule is C[C@@H]1CN(c2ncccc2C(F)(F)F)CCN1c1cc(-c2ccc(Cl)cc2)nc(N2CCOCC2)n1. The lowest BCUT2D eigenvalue weighted by molar-refractivity contribution is -0.137. The molecular weight excluding hydrogens is 493 g/mol. The van der Waals surface area contributed by atoms with Crippen LogP contribution < -0.4 is 14.7 Å². The van der Waals surface area contributed by atoms with Crippen LogP contribution in [0.25, 0.3) is 11.3 Å². The van der Waals surface area contributed by atoms with Crippen LogP contribution in [-0.4, -0.2) is 66.9 Å². The van der Waals surface area contributed by atoms with Crippen LogP contribution in [0.4, 0.5) is 30.8 Å². The van der Waals surface area contributed by atoms with Crippen LogP contribution >= 0.6 is 11.6 Å². The van der Waals surface area contributed by atoms with E-state index in [-0.39, 0.29) is 11.9 Å². The molecule has 0 unspecified atom stereocenters. The van der Waals surface area contributed by atoms with Gasteiger partial charge in [-0.05, 0) is 31.2 Å². The van der Waals surface area contributed by atoms with Gasteiger partial charge in [0.15, 0.2) is 0 Å². The minimum Gasteiger partial charge on any atom is -0.378 e. The van der Waals surface area contributed by atoms with E-state index in [2.05, 4.69) is 14.8 Å². The van der Waals surface area contributed by atoms with Crippen LogP contribution in [0.3, 0.4) is 0 Å². The van der Waals surface area contributed by atoms with Gasteiger partial charge in [0.1, 0.15) is 11.6 Å². The molecule has 36 heavy (non-hydrogen) atoms. The average Bonchev–Trinajstić information content (AvgIpc) is 2.89. The molecule has 0 radical (unpaired) electrons. The maximum atomic E-state index is 13.6. The first-order chi connectivity index (χ1) is 17.3. The van der Waals surface area contributed by atoms with Gasteiger partial charge >= 0.3 is 6.18 Å². The van der Waals surface area contributed by atoms with Crippen LogP contribution in [0.15, 0.2) is 48.7 Å². The summed E-state index contributed by atoms with van der Waals surface area (Å²) < 4.78 is 46.2. The number of morpholine rings is 1. The lowest BCUT2D eigenvalue weighted by Gasteiger charge is -2.42. The van der Waals surface area contributed by atoms with Crippen LogP contribution in [0.1, 0.15) is 12.5 Å². The Morgan fingerprint density at radius 3 is 2.42 bits per heavy atom. The number of nitrogens with zero attached hydrogens (tertiary/aromatic N) is 6. The molecule has 2 aliphatic heterocycles. The first-order valence-electron chi connectivity index (χ1n) is 11.8. The van der Waals surface area contributed by atoms with Crippen LogP contribution in [-0.2, 0) is 10.9 Å². The van der Waals surface area contributed by atoms with Gasteiger partial charge in [0, 0.05) is 61.6 Å². The summed E-state index contributed by atoms with van der Waals surface area (Å²) in [6.45, 7) is 5.83. The number of anilines is 3. The van der Waals surface area contributed by atoms with E-state index in [1.54, 1.807) is 4.90 Å². The van der Waals surface area contributed by atoms with Gasteiger partial charge in [-0.3, -0.25) is 0 Å². The molecule has 0 spiro atoms. The van der Waals surface area contributed by atoms with Crippen LogP contribution in [0.5, 0.6) is 0 Å². The van der Waals surface area contributed by atoms with E-state index in [0.29, 0.717) is 56.9 Å². The molecule has 3 aromatic rings. The van der Waals surface area contributed by atoms with Gasteiger partial charge in [0.2, 0.25) is 5.95 Å². The van der Waals surface area contributed by atoms with Gasteiger partial charge in [-0.25, -0.2) is 9.97 Å². The Labute approximate surface area is 212 Å². The lowest BCUT2D eigenvalue weighted by Crippen LogP contribution is -2.53. The molecule has 2 fully saturated rings. The van der Waals surface area contributed by atoms with Gasteiger partial charge in [0.25, 0.3) is 0 Å². The van der Waals surface area contributed by atoms with Gasteiger partial charge in [-0.15, -0.1) is 0 Å². The molecular formula is C25H26ClF3N6O. The zero-order chi connectivity index (χ0) is 25.3. The Bertz CT molecular complexity index is 1200. The first kappa shape index (κ1) is 24.6. The van der Waals surface area contributed by atoms with E-state index in [0.717, 1.165) is 23.1 Å². The second kappa shape index (κ2) is 10.1. The van der Waals surface area contributed by atoms with E-state index < -0.39 is 11.7 Å². The fourth-order valence-electron chi connectivity index (χ4n) is 4.60. The molecule has 11 heteroatoms. The van der Waals surface area contributed by atoms with Crippen molar-refractivity contribution in [1.29, 1.82) is 0 Å². The fraction of sp³-hybridized carbons (Fsp3) is 0.400. The number of hydrogen-bond acceptors (Lipinski definition) is 7. The molecule has 2 saturated heterocycles. The Balaban J connectivity index is 1.45. The highest BCUT2D eigenvalue weighted by atomic mass is 35.5. The van der Waals surface area contributed by atoms with Crippen molar-refractivity contribution in [2.45, 2.75) is 19.1 Å². The van der Waals surface area contributed by atoms with Gasteiger partial charge in [-0.1, -0.05) is 23.7 Å². The Morgan fingerprint density at radius 2 is 1.72 bits per heavy atom. The highest BCUT2D eigenvalue weighted by Gasteiger charge is 2.37. The number of hydrogen-bond donors (Lipinski definition) is 0. The summed E-state index contributed by atoms with van der Waals surface area (Å²) in [5, 5.41) is 0.638. The van der Waals surface area contributed by atoms with Crippen molar-refractivity contribution in [2.75, 3.05) is 60.6 Å². The minimum absolute atomic E-state index is 0.0324. The van der Waals surface area contributed by atoms with Crippen molar-refractivity contribution in [3.8, 4) is 11.3 Å². The summed E-state index contributed by atoms with van der Waals surface area (Å²) in [6.07, 6.45) is -3.06. The molecule has 5 rings (SSSR count). The molecule has 0 N–H and O–H groups in total. The number of ether oxygens (including phenoxy) is 1. The maximum absolute atomic E-state index is 13.6. The molecule has 0 aliphatic carbocycles. The number of piperazine rings is 1. The lowest BCUT2D eigenvalue weighted by atomic mass is 10.1. The van der Waals surface area contributed by atoms with E-state index >= 15 is 0 Å². The van der Waals surface area contributed by atoms with Gasteiger partial charge in [-0.2, -0.15) is 18.2 Å². The van der Waals surface area contributed by atoms with Crippen molar-refractivity contribution in [1.82, 2.24) is 15.0 Å². The van der Waals surface area contributed by atoms with Crippen molar-refractivity contribution < 1.29 is 17.9 Å². The Hall–Kier alpha value is -3.11. The third-order valence-corrected chi connectivity index (χ3v) is 6.70. The number of benzene rings is 1. The third kappa shape index (κ3) is 5.19. The molecule has 0 saturated carbocycles. The van der Waals surface area contributed by atoms with Crippen molar-refractivity contribution in [2.24, 2.45) is 0 Å². The average molecular weight is 519 g/mol. The second-order valence-corrected chi connectivity index (χ2v) is 9.31. The molecule has 4 heterocycles. The summed E-state index contributed by atoms with van der Waals surface area (Å²) in [4.78, 5) is 19.7. The zero-order valence-electron chi connectivity index (χ0n) is 19.7. The molecule has 7 nitrogen and oxygen atoms in total. The third-order valence-electron chi connectivity index (χ3n) is 6.45. The predicted molar refractivity (Wildman–Crippen MR) is 134 cm³/mol. The Kier molecular flexibility index (Phi) is 6.90. The van der Waals surface area contributed by atoms with Crippen molar-refractivity contribution >= 4 is 29.2 Å². The smallest absolute Gasteiger partial charge is 0.378 e. The first-order valence-corrected chi connectivity index (χ1v) is 12.2. The number of pyridine rings is 1. The normalized spacial score (nSPS) is 19.0. The fourth-order valence-corrected chi connectivity index (χ4v) is 4.73. The highest BCUT2D eigenvalue weighted by Crippen LogP contribution is 2.36. The van der Waals surface area contributed by atoms with E-state index in [9.17, 15) is 13.2 Å². The quantitative estimate of drug-likeness (QED) is 0.493. The standard InChI is InChI=1S/C25H26ClF3N6O/c1-17-16-34(23-20(25(27,28)29)3-2-8-30-23)9-10-35(17)22-15-21(18-4-6-19(26)7-5-18)31-24(32-22)33-11-13-36-14-12-33/h2-8,15,17H,9-14,16H2,1H3/t17-/m1/s1. The number of rotatable bonds is 4. The van der Waals surface area contributed by atoms with Crippen molar-refractivity contribution in [3.05, 3.63) is 59.2 Å². The van der Waals surface area contributed by atoms with E-state index in [4.69, 9.17) is 26.3 Å². The summed E-state index contributed by atoms with van der Waals surface area (Å²) >= 11 is 6.08. The van der Waals surface area contributed by atoms with Gasteiger partial charge < -0.3 is 19.4 Å². The summed E-state index contributed by atoms with van der Waals surface area (Å²) in [5.74, 6) is 1.31. The van der Waals surface area contributed by atoms with E-state index in [1.807, 2.05) is 37.3 Å². The molecule has 1 aromatic carbocycles. The predicted octanol–water partition coefficient (Wildman–Crippen LogP) is 4.76. The molecule has 1 atom stereocenters.